The maximum absolute atomic E-state index is 13.7. The second-order valence-electron chi connectivity index (χ2n) is 7.04. The number of aliphatic hydroxyl groups is 1. The number of carbonyl (C=O) groups is 1. The molecule has 8 heteroatoms. The van der Waals surface area contributed by atoms with E-state index in [0.29, 0.717) is 5.92 Å². The third kappa shape index (κ3) is 4.38. The van der Waals surface area contributed by atoms with Gasteiger partial charge >= 0.3 is 6.18 Å². The highest BCUT2D eigenvalue weighted by atomic mass is 19.4. The molecule has 1 aliphatic rings. The number of halogens is 3. The molecule has 3 N–H and O–H groups in total. The monoisotopic (exact) mass is 408 g/mol. The Labute approximate surface area is 166 Å². The molecule has 0 bridgehead atoms. The number of rotatable bonds is 5. The van der Waals surface area contributed by atoms with Crippen LogP contribution in [0.25, 0.3) is 0 Å². The predicted octanol–water partition coefficient (Wildman–Crippen LogP) is 3.55. The highest BCUT2D eigenvalue weighted by molar-refractivity contribution is 5.98. The Morgan fingerprint density at radius 3 is 2.38 bits per heavy atom. The number of carbonyl (C=O) groups excluding carboxylic acids is 1. The maximum Gasteiger partial charge on any atom is 0.430 e. The summed E-state index contributed by atoms with van der Waals surface area (Å²) in [6.45, 7) is 1.84. The number of amides is 1. The molecule has 2 aromatic carbocycles. The van der Waals surface area contributed by atoms with E-state index in [1.54, 1.807) is 24.3 Å². The lowest BCUT2D eigenvalue weighted by Gasteiger charge is -2.30. The topological polar surface area (TPSA) is 70.6 Å². The molecular weight excluding hydrogens is 385 g/mol. The number of ether oxygens (including phenoxy) is 1. The minimum absolute atomic E-state index is 0.101. The minimum atomic E-state index is -5.22. The van der Waals surface area contributed by atoms with Gasteiger partial charge < -0.3 is 20.5 Å². The van der Waals surface area contributed by atoms with Crippen LogP contribution in [-0.2, 0) is 10.4 Å². The van der Waals surface area contributed by atoms with Crippen LogP contribution in [0.15, 0.2) is 48.5 Å². The molecule has 0 unspecified atom stereocenters. The van der Waals surface area contributed by atoms with Crippen molar-refractivity contribution in [1.82, 2.24) is 5.32 Å². The highest BCUT2D eigenvalue weighted by Gasteiger charge is 2.61. The average Bonchev–Trinajstić information content (AvgIpc) is 2.73. The van der Waals surface area contributed by atoms with E-state index >= 15 is 0 Å². The number of methoxy groups -OCH3 is 1. The largest absolute Gasteiger partial charge is 0.497 e. The molecule has 0 saturated carbocycles. The molecular formula is C21H23F3N2O3. The Morgan fingerprint density at radius 1 is 1.14 bits per heavy atom. The average molecular weight is 408 g/mol. The Balaban J connectivity index is 1.83. The van der Waals surface area contributed by atoms with Gasteiger partial charge in [0.1, 0.15) is 5.75 Å². The molecule has 0 radical (unpaired) electrons. The first-order valence-corrected chi connectivity index (χ1v) is 9.31. The summed E-state index contributed by atoms with van der Waals surface area (Å²) >= 11 is 0. The highest BCUT2D eigenvalue weighted by Crippen LogP contribution is 2.41. The smallest absolute Gasteiger partial charge is 0.430 e. The van der Waals surface area contributed by atoms with Gasteiger partial charge in [0.25, 0.3) is 11.5 Å². The van der Waals surface area contributed by atoms with Crippen LogP contribution < -0.4 is 15.4 Å². The van der Waals surface area contributed by atoms with Crippen molar-refractivity contribution in [2.24, 2.45) is 0 Å². The van der Waals surface area contributed by atoms with Crippen LogP contribution >= 0.6 is 0 Å². The summed E-state index contributed by atoms with van der Waals surface area (Å²) in [6, 6.07) is 11.4. The second-order valence-corrected chi connectivity index (χ2v) is 7.04. The Kier molecular flexibility index (Phi) is 6.14. The van der Waals surface area contributed by atoms with Crippen molar-refractivity contribution in [2.75, 3.05) is 25.5 Å². The molecule has 1 aliphatic heterocycles. The fraction of sp³-hybridized carbons (Fsp3) is 0.381. The van der Waals surface area contributed by atoms with Gasteiger partial charge in [-0.15, -0.1) is 0 Å². The summed E-state index contributed by atoms with van der Waals surface area (Å²) in [5.41, 5.74) is -3.08. The molecule has 5 nitrogen and oxygen atoms in total. The number of hydrogen-bond acceptors (Lipinski definition) is 4. The third-order valence-electron chi connectivity index (χ3n) is 5.21. The van der Waals surface area contributed by atoms with Gasteiger partial charge in [-0.3, -0.25) is 4.79 Å². The lowest BCUT2D eigenvalue weighted by molar-refractivity contribution is -0.254. The summed E-state index contributed by atoms with van der Waals surface area (Å²) in [6.07, 6.45) is -3.26. The van der Waals surface area contributed by atoms with Gasteiger partial charge in [-0.2, -0.15) is 13.2 Å². The van der Waals surface area contributed by atoms with Gasteiger partial charge in [-0.1, -0.05) is 24.3 Å². The molecule has 0 spiro atoms. The molecule has 3 rings (SSSR count). The zero-order chi connectivity index (χ0) is 21.1. The summed E-state index contributed by atoms with van der Waals surface area (Å²) in [5.74, 6) is -1.10. The van der Waals surface area contributed by atoms with Gasteiger partial charge in [0, 0.05) is 11.3 Å². The zero-order valence-corrected chi connectivity index (χ0v) is 15.9. The van der Waals surface area contributed by atoms with Crippen LogP contribution in [0.4, 0.5) is 18.9 Å². The molecule has 1 atom stereocenters. The third-order valence-corrected chi connectivity index (χ3v) is 5.21. The molecule has 2 aromatic rings. The second kappa shape index (κ2) is 8.42. The van der Waals surface area contributed by atoms with E-state index in [1.165, 1.54) is 19.2 Å². The number of anilines is 1. The molecule has 0 aliphatic carbocycles. The molecule has 29 heavy (non-hydrogen) atoms. The SMILES string of the molecule is COc1cccc([C@@](O)(C(=O)Nc2ccc(C3CCNCC3)cc2)C(F)(F)F)c1. The van der Waals surface area contributed by atoms with Gasteiger partial charge in [0.2, 0.25) is 0 Å². The molecule has 1 saturated heterocycles. The van der Waals surface area contributed by atoms with E-state index in [9.17, 15) is 23.1 Å². The summed E-state index contributed by atoms with van der Waals surface area (Å²) < 4.78 is 46.1. The quantitative estimate of drug-likeness (QED) is 0.708. The van der Waals surface area contributed by atoms with E-state index in [-0.39, 0.29) is 11.4 Å². The maximum atomic E-state index is 13.7. The lowest BCUT2D eigenvalue weighted by atomic mass is 9.90. The molecule has 1 heterocycles. The first-order chi connectivity index (χ1) is 13.8. The van der Waals surface area contributed by atoms with E-state index in [2.05, 4.69) is 10.6 Å². The van der Waals surface area contributed by atoms with E-state index in [4.69, 9.17) is 4.74 Å². The lowest BCUT2D eigenvalue weighted by Crippen LogP contribution is -2.52. The van der Waals surface area contributed by atoms with Crippen molar-refractivity contribution >= 4 is 11.6 Å². The summed E-state index contributed by atoms with van der Waals surface area (Å²) in [7, 11) is 1.29. The van der Waals surface area contributed by atoms with E-state index in [1.807, 2.05) is 0 Å². The van der Waals surface area contributed by atoms with E-state index < -0.39 is 23.2 Å². The Hall–Kier alpha value is -2.58. The van der Waals surface area contributed by atoms with E-state index in [0.717, 1.165) is 43.6 Å². The molecule has 156 valence electrons. The number of nitrogens with one attached hydrogen (secondary N) is 2. The minimum Gasteiger partial charge on any atom is -0.497 e. The summed E-state index contributed by atoms with van der Waals surface area (Å²) in [5, 5.41) is 15.9. The molecule has 1 amide bonds. The number of hydrogen-bond donors (Lipinski definition) is 3. The van der Waals surface area contributed by atoms with Crippen molar-refractivity contribution < 1.29 is 27.8 Å². The van der Waals surface area contributed by atoms with Gasteiger partial charge in [-0.05, 0) is 61.7 Å². The standard InChI is InChI=1S/C21H23F3N2O3/c1-29-18-4-2-3-16(13-18)20(28,21(22,23)24)19(27)26-17-7-5-14(6-8-17)15-9-11-25-12-10-15/h2-8,13,15,25,28H,9-12H2,1H3,(H,26,27)/t20-/m1/s1. The van der Waals surface area contributed by atoms with Crippen LogP contribution in [0.1, 0.15) is 29.9 Å². The zero-order valence-electron chi connectivity index (χ0n) is 15.9. The molecule has 0 aromatic heterocycles. The number of piperidine rings is 1. The fourth-order valence-electron chi connectivity index (χ4n) is 3.49. The van der Waals surface area contributed by atoms with Crippen LogP contribution in [0.3, 0.4) is 0 Å². The first kappa shape index (κ1) is 21.1. The van der Waals surface area contributed by atoms with Gasteiger partial charge in [0.05, 0.1) is 7.11 Å². The predicted molar refractivity (Wildman–Crippen MR) is 103 cm³/mol. The molecule has 1 fully saturated rings. The van der Waals surface area contributed by atoms with Crippen LogP contribution in [0.5, 0.6) is 5.75 Å². The van der Waals surface area contributed by atoms with Crippen LogP contribution in [-0.4, -0.2) is 37.4 Å². The normalized spacial score (nSPS) is 17.4. The van der Waals surface area contributed by atoms with Gasteiger partial charge in [-0.25, -0.2) is 0 Å². The fourth-order valence-corrected chi connectivity index (χ4v) is 3.49. The van der Waals surface area contributed by atoms with Gasteiger partial charge in [0.15, 0.2) is 0 Å². The van der Waals surface area contributed by atoms with Crippen molar-refractivity contribution in [2.45, 2.75) is 30.5 Å². The number of benzene rings is 2. The Bertz CT molecular complexity index is 849. The summed E-state index contributed by atoms with van der Waals surface area (Å²) in [4.78, 5) is 12.5. The van der Waals surface area contributed by atoms with Crippen LogP contribution in [0.2, 0.25) is 0 Å². The number of alkyl halides is 3. The first-order valence-electron chi connectivity index (χ1n) is 9.31. The van der Waals surface area contributed by atoms with Crippen molar-refractivity contribution in [3.05, 3.63) is 59.7 Å². The Morgan fingerprint density at radius 2 is 1.79 bits per heavy atom. The van der Waals surface area contributed by atoms with Crippen molar-refractivity contribution in [1.29, 1.82) is 0 Å². The van der Waals surface area contributed by atoms with Crippen molar-refractivity contribution in [3.8, 4) is 5.75 Å². The van der Waals surface area contributed by atoms with Crippen molar-refractivity contribution in [3.63, 3.8) is 0 Å². The van der Waals surface area contributed by atoms with Crippen LogP contribution in [0, 0.1) is 0 Å².